The van der Waals surface area contributed by atoms with E-state index >= 15 is 0 Å². The van der Waals surface area contributed by atoms with Crippen molar-refractivity contribution in [2.75, 3.05) is 0 Å². The summed E-state index contributed by atoms with van der Waals surface area (Å²) in [4.78, 5) is 0. The smallest absolute Gasteiger partial charge is 0.0706 e. The Labute approximate surface area is 117 Å². The second-order valence-electron chi connectivity index (χ2n) is 8.52. The molecular weight excluding hydrogens is 236 g/mol. The highest BCUT2D eigenvalue weighted by atomic mass is 16.5. The van der Waals surface area contributed by atoms with E-state index < -0.39 is 5.60 Å². The topological polar surface area (TPSA) is 29.5 Å². The fourth-order valence-electron chi connectivity index (χ4n) is 5.01. The van der Waals surface area contributed by atoms with E-state index in [0.717, 1.165) is 31.1 Å². The van der Waals surface area contributed by atoms with Crippen LogP contribution in [-0.2, 0) is 4.74 Å². The maximum atomic E-state index is 11.3. The quantitative estimate of drug-likeness (QED) is 0.821. The summed E-state index contributed by atoms with van der Waals surface area (Å²) in [5.41, 5.74) is -0.761. The van der Waals surface area contributed by atoms with Gasteiger partial charge in [0.2, 0.25) is 0 Å². The molecule has 2 saturated carbocycles. The molecule has 0 aromatic heterocycles. The van der Waals surface area contributed by atoms with E-state index in [1.165, 1.54) is 25.7 Å². The minimum absolute atomic E-state index is 0.0869. The predicted octanol–water partition coefficient (Wildman–Crippen LogP) is 3.91. The first-order valence-corrected chi connectivity index (χ1v) is 8.14. The van der Waals surface area contributed by atoms with Crippen LogP contribution < -0.4 is 0 Å². The van der Waals surface area contributed by atoms with Crippen molar-refractivity contribution in [3.8, 4) is 0 Å². The lowest BCUT2D eigenvalue weighted by Gasteiger charge is -2.45. The lowest BCUT2D eigenvalue weighted by Crippen LogP contribution is -2.49. The Hall–Kier alpha value is -0.0800. The van der Waals surface area contributed by atoms with Gasteiger partial charge >= 0.3 is 0 Å². The molecule has 3 aliphatic rings. The molecule has 3 fully saturated rings. The Morgan fingerprint density at radius 3 is 2.16 bits per heavy atom. The highest BCUT2D eigenvalue weighted by Gasteiger charge is 2.56. The summed E-state index contributed by atoms with van der Waals surface area (Å²) in [6.45, 7) is 8.68. The average Bonchev–Trinajstić information content (AvgIpc) is 3.05. The normalized spacial score (nSPS) is 45.3. The summed E-state index contributed by atoms with van der Waals surface area (Å²) >= 11 is 0. The van der Waals surface area contributed by atoms with Crippen LogP contribution in [0.4, 0.5) is 0 Å². The summed E-state index contributed by atoms with van der Waals surface area (Å²) in [5.74, 6) is 1.99. The minimum Gasteiger partial charge on any atom is -0.389 e. The van der Waals surface area contributed by atoms with Gasteiger partial charge in [-0.25, -0.2) is 0 Å². The van der Waals surface area contributed by atoms with Gasteiger partial charge in [0, 0.05) is 5.92 Å². The Morgan fingerprint density at radius 2 is 1.63 bits per heavy atom. The monoisotopic (exact) mass is 266 g/mol. The zero-order valence-electron chi connectivity index (χ0n) is 13.0. The molecule has 0 spiro atoms. The van der Waals surface area contributed by atoms with Crippen LogP contribution in [0.3, 0.4) is 0 Å². The molecule has 2 aliphatic carbocycles. The summed E-state index contributed by atoms with van der Waals surface area (Å²) < 4.78 is 6.22. The van der Waals surface area contributed by atoms with E-state index in [2.05, 4.69) is 27.7 Å². The van der Waals surface area contributed by atoms with Crippen molar-refractivity contribution < 1.29 is 9.84 Å². The van der Waals surface area contributed by atoms with Crippen LogP contribution in [0.1, 0.15) is 72.6 Å². The predicted molar refractivity (Wildman–Crippen MR) is 77.0 cm³/mol. The van der Waals surface area contributed by atoms with Crippen LogP contribution in [0.5, 0.6) is 0 Å². The Morgan fingerprint density at radius 1 is 0.947 bits per heavy atom. The molecule has 2 nitrogen and oxygen atoms in total. The van der Waals surface area contributed by atoms with Crippen LogP contribution >= 0.6 is 0 Å². The summed E-state index contributed by atoms with van der Waals surface area (Å²) in [6, 6.07) is 0. The SMILES string of the molecule is CC1(C)CC(C2(O)CCCC(C3CC3)C2)C(C)(C)O1. The maximum absolute atomic E-state index is 11.3. The zero-order chi connectivity index (χ0) is 13.9. The molecule has 0 amide bonds. The van der Waals surface area contributed by atoms with Crippen molar-refractivity contribution in [2.24, 2.45) is 17.8 Å². The van der Waals surface area contributed by atoms with Crippen LogP contribution in [0, 0.1) is 17.8 Å². The zero-order valence-corrected chi connectivity index (χ0v) is 13.0. The number of hydrogen-bond acceptors (Lipinski definition) is 2. The van der Waals surface area contributed by atoms with Crippen LogP contribution in [0.2, 0.25) is 0 Å². The van der Waals surface area contributed by atoms with E-state index in [1.807, 2.05) is 0 Å². The van der Waals surface area contributed by atoms with Gasteiger partial charge in [0.05, 0.1) is 16.8 Å². The van der Waals surface area contributed by atoms with E-state index in [9.17, 15) is 5.11 Å². The molecule has 3 atom stereocenters. The van der Waals surface area contributed by atoms with E-state index in [-0.39, 0.29) is 17.1 Å². The Kier molecular flexibility index (Phi) is 3.07. The third kappa shape index (κ3) is 2.58. The van der Waals surface area contributed by atoms with Gasteiger partial charge in [0.25, 0.3) is 0 Å². The molecule has 1 saturated heterocycles. The maximum Gasteiger partial charge on any atom is 0.0706 e. The van der Waals surface area contributed by atoms with Crippen LogP contribution in [-0.4, -0.2) is 21.9 Å². The molecule has 1 aliphatic heterocycles. The highest BCUT2D eigenvalue weighted by Crippen LogP contribution is 2.54. The van der Waals surface area contributed by atoms with Crippen molar-refractivity contribution in [2.45, 2.75) is 89.4 Å². The van der Waals surface area contributed by atoms with Crippen molar-refractivity contribution >= 4 is 0 Å². The molecule has 1 heterocycles. The Bertz CT molecular complexity index is 356. The average molecular weight is 266 g/mol. The van der Waals surface area contributed by atoms with E-state index in [1.54, 1.807) is 0 Å². The summed E-state index contributed by atoms with van der Waals surface area (Å²) in [7, 11) is 0. The number of ether oxygens (including phenoxy) is 1. The van der Waals surface area contributed by atoms with Crippen molar-refractivity contribution in [3.63, 3.8) is 0 Å². The minimum atomic E-state index is -0.483. The molecule has 0 radical (unpaired) electrons. The van der Waals surface area contributed by atoms with E-state index in [4.69, 9.17) is 4.74 Å². The van der Waals surface area contributed by atoms with Crippen molar-refractivity contribution in [3.05, 3.63) is 0 Å². The fraction of sp³-hybridized carbons (Fsp3) is 1.00. The highest BCUT2D eigenvalue weighted by molar-refractivity contribution is 5.06. The standard InChI is InChI=1S/C17H30O2/c1-15(2)11-14(16(3,4)19-15)17(18)9-5-6-13(10-17)12-7-8-12/h12-14,18H,5-11H2,1-4H3. The molecule has 0 aromatic carbocycles. The first kappa shape index (κ1) is 13.9. The van der Waals surface area contributed by atoms with Gasteiger partial charge in [-0.2, -0.15) is 0 Å². The third-order valence-electron chi connectivity index (χ3n) is 5.81. The molecule has 3 rings (SSSR count). The van der Waals surface area contributed by atoms with Gasteiger partial charge in [0.1, 0.15) is 0 Å². The first-order valence-electron chi connectivity index (χ1n) is 8.14. The molecular formula is C17H30O2. The molecule has 2 heteroatoms. The third-order valence-corrected chi connectivity index (χ3v) is 5.81. The van der Waals surface area contributed by atoms with Gasteiger partial charge in [-0.15, -0.1) is 0 Å². The van der Waals surface area contributed by atoms with Crippen molar-refractivity contribution in [1.29, 1.82) is 0 Å². The fourth-order valence-corrected chi connectivity index (χ4v) is 5.01. The lowest BCUT2D eigenvalue weighted by molar-refractivity contribution is -0.131. The van der Waals surface area contributed by atoms with Gasteiger partial charge < -0.3 is 9.84 Å². The van der Waals surface area contributed by atoms with Gasteiger partial charge in [-0.3, -0.25) is 0 Å². The second-order valence-corrected chi connectivity index (χ2v) is 8.52. The second kappa shape index (κ2) is 4.21. The van der Waals surface area contributed by atoms with Crippen LogP contribution in [0.25, 0.3) is 0 Å². The van der Waals surface area contributed by atoms with Gasteiger partial charge in [-0.1, -0.05) is 6.42 Å². The lowest BCUT2D eigenvalue weighted by atomic mass is 9.65. The van der Waals surface area contributed by atoms with Gasteiger partial charge in [-0.05, 0) is 78.1 Å². The number of aliphatic hydroxyl groups is 1. The Balaban J connectivity index is 1.79. The molecule has 110 valence electrons. The first-order chi connectivity index (χ1) is 8.72. The van der Waals surface area contributed by atoms with Crippen LogP contribution in [0.15, 0.2) is 0 Å². The van der Waals surface area contributed by atoms with E-state index in [0.29, 0.717) is 0 Å². The van der Waals surface area contributed by atoms with Gasteiger partial charge in [0.15, 0.2) is 0 Å². The number of rotatable bonds is 2. The molecule has 0 bridgehead atoms. The molecule has 19 heavy (non-hydrogen) atoms. The molecule has 3 unspecified atom stereocenters. The summed E-state index contributed by atoms with van der Waals surface area (Å²) in [6.07, 6.45) is 8.32. The summed E-state index contributed by atoms with van der Waals surface area (Å²) in [5, 5.41) is 11.3. The van der Waals surface area contributed by atoms with Crippen molar-refractivity contribution in [1.82, 2.24) is 0 Å². The number of hydrogen-bond donors (Lipinski definition) is 1. The molecule has 0 aromatic rings. The molecule has 1 N–H and O–H groups in total. The largest absolute Gasteiger partial charge is 0.389 e.